The van der Waals surface area contributed by atoms with Crippen LogP contribution < -0.4 is 0 Å². The van der Waals surface area contributed by atoms with E-state index in [1.807, 2.05) is 17.2 Å². The lowest BCUT2D eigenvalue weighted by Gasteiger charge is -2.36. The first-order chi connectivity index (χ1) is 16.3. The first-order valence-corrected chi connectivity index (χ1v) is 12.8. The monoisotopic (exact) mass is 482 g/mol. The highest BCUT2D eigenvalue weighted by Gasteiger charge is 2.41. The Balaban J connectivity index is 1.65. The van der Waals surface area contributed by atoms with Crippen molar-refractivity contribution in [3.63, 3.8) is 0 Å². The molecule has 3 heterocycles. The average Bonchev–Trinajstić information content (AvgIpc) is 3.07. The van der Waals surface area contributed by atoms with E-state index >= 15 is 0 Å². The molecule has 7 nitrogen and oxygen atoms in total. The molecule has 1 amide bonds. The van der Waals surface area contributed by atoms with Crippen LogP contribution in [0.25, 0.3) is 0 Å². The molecule has 3 aliphatic rings. The van der Waals surface area contributed by atoms with Gasteiger partial charge in [0, 0.05) is 25.3 Å². The molecule has 3 aliphatic heterocycles. The van der Waals surface area contributed by atoms with E-state index in [1.54, 1.807) is 0 Å². The lowest BCUT2D eigenvalue weighted by Crippen LogP contribution is -2.39. The lowest BCUT2D eigenvalue weighted by molar-refractivity contribution is -0.136. The summed E-state index contributed by atoms with van der Waals surface area (Å²) in [5, 5.41) is 2.80. The van der Waals surface area contributed by atoms with Gasteiger partial charge in [-0.2, -0.15) is 0 Å². The van der Waals surface area contributed by atoms with E-state index in [1.165, 1.54) is 24.4 Å². The van der Waals surface area contributed by atoms with Crippen LogP contribution in [0, 0.1) is 0 Å². The van der Waals surface area contributed by atoms with Gasteiger partial charge in [0.05, 0.1) is 30.8 Å². The zero-order valence-electron chi connectivity index (χ0n) is 20.7. The van der Waals surface area contributed by atoms with Crippen molar-refractivity contribution in [2.24, 2.45) is 4.99 Å². The molecule has 4 rings (SSSR count). The van der Waals surface area contributed by atoms with E-state index in [2.05, 4.69) is 55.0 Å². The summed E-state index contributed by atoms with van der Waals surface area (Å²) in [6.07, 6.45) is 1.26. The minimum Gasteiger partial charge on any atom is -0.466 e. The fourth-order valence-corrected chi connectivity index (χ4v) is 5.65. The number of nitrogens with zero attached hydrogens (tertiary/aromatic N) is 4. The SMILES string of the molecule is COC(=O)C1=C(C)N=C2SC=C(CC(=O)N3CCCN(C)CC3)N2[C@H]1c1ccc(C(C)C)cc1. The van der Waals surface area contributed by atoms with Gasteiger partial charge in [-0.25, -0.2) is 9.79 Å². The van der Waals surface area contributed by atoms with E-state index in [-0.39, 0.29) is 18.4 Å². The van der Waals surface area contributed by atoms with Crippen molar-refractivity contribution in [1.82, 2.24) is 14.7 Å². The van der Waals surface area contributed by atoms with Gasteiger partial charge in [0.25, 0.3) is 0 Å². The summed E-state index contributed by atoms with van der Waals surface area (Å²) in [7, 11) is 3.49. The summed E-state index contributed by atoms with van der Waals surface area (Å²) >= 11 is 1.51. The molecule has 34 heavy (non-hydrogen) atoms. The number of allylic oxidation sites excluding steroid dienone is 1. The van der Waals surface area contributed by atoms with Gasteiger partial charge < -0.3 is 19.4 Å². The van der Waals surface area contributed by atoms with Crippen LogP contribution in [-0.2, 0) is 14.3 Å². The molecule has 0 aliphatic carbocycles. The number of fused-ring (bicyclic) bond motifs is 1. The summed E-state index contributed by atoms with van der Waals surface area (Å²) in [5.41, 5.74) is 4.26. The van der Waals surface area contributed by atoms with Crippen LogP contribution in [0.15, 0.2) is 51.6 Å². The average molecular weight is 483 g/mol. The van der Waals surface area contributed by atoms with Crippen molar-refractivity contribution >= 4 is 28.8 Å². The quantitative estimate of drug-likeness (QED) is 0.589. The van der Waals surface area contributed by atoms with Crippen molar-refractivity contribution in [3.8, 4) is 0 Å². The second kappa shape index (κ2) is 10.4. The highest BCUT2D eigenvalue weighted by molar-refractivity contribution is 8.16. The number of likely N-dealkylation sites (N-methyl/N-ethyl adjacent to an activating group) is 1. The maximum Gasteiger partial charge on any atom is 0.338 e. The molecule has 0 N–H and O–H groups in total. The summed E-state index contributed by atoms with van der Waals surface area (Å²) in [6, 6.07) is 7.99. The number of amidine groups is 1. The second-order valence-corrected chi connectivity index (χ2v) is 10.3. The number of thioether (sulfide) groups is 1. The second-order valence-electron chi connectivity index (χ2n) is 9.42. The molecule has 1 atom stereocenters. The summed E-state index contributed by atoms with van der Waals surface area (Å²) in [4.78, 5) is 37.2. The van der Waals surface area contributed by atoms with E-state index in [0.717, 1.165) is 49.0 Å². The smallest absolute Gasteiger partial charge is 0.338 e. The van der Waals surface area contributed by atoms with E-state index < -0.39 is 5.97 Å². The summed E-state index contributed by atoms with van der Waals surface area (Å²) < 4.78 is 5.16. The number of methoxy groups -OCH3 is 1. The molecule has 0 aromatic heterocycles. The predicted octanol–water partition coefficient (Wildman–Crippen LogP) is 4.11. The maximum atomic E-state index is 13.3. The van der Waals surface area contributed by atoms with Gasteiger partial charge in [-0.3, -0.25) is 4.79 Å². The highest BCUT2D eigenvalue weighted by Crippen LogP contribution is 2.45. The van der Waals surface area contributed by atoms with Gasteiger partial charge in [-0.05, 0) is 49.4 Å². The molecular weight excluding hydrogens is 448 g/mol. The third-order valence-corrected chi connectivity index (χ3v) is 7.62. The molecule has 0 radical (unpaired) electrons. The number of hydrogen-bond donors (Lipinski definition) is 0. The Morgan fingerprint density at radius 1 is 1.15 bits per heavy atom. The largest absolute Gasteiger partial charge is 0.466 e. The van der Waals surface area contributed by atoms with Crippen LogP contribution in [-0.4, -0.2) is 72.1 Å². The van der Waals surface area contributed by atoms with Crippen LogP contribution in [0.5, 0.6) is 0 Å². The van der Waals surface area contributed by atoms with E-state index in [0.29, 0.717) is 17.2 Å². The van der Waals surface area contributed by atoms with Crippen molar-refractivity contribution in [2.75, 3.05) is 40.3 Å². The van der Waals surface area contributed by atoms with Gasteiger partial charge in [0.1, 0.15) is 0 Å². The van der Waals surface area contributed by atoms with Crippen molar-refractivity contribution < 1.29 is 14.3 Å². The number of hydrogen-bond acceptors (Lipinski definition) is 7. The Morgan fingerprint density at radius 3 is 2.56 bits per heavy atom. The van der Waals surface area contributed by atoms with E-state index in [9.17, 15) is 9.59 Å². The zero-order chi connectivity index (χ0) is 24.4. The van der Waals surface area contributed by atoms with Crippen LogP contribution in [0.1, 0.15) is 56.7 Å². The zero-order valence-corrected chi connectivity index (χ0v) is 21.5. The van der Waals surface area contributed by atoms with Crippen molar-refractivity contribution in [3.05, 3.63) is 57.8 Å². The van der Waals surface area contributed by atoms with Gasteiger partial charge in [-0.15, -0.1) is 0 Å². The van der Waals surface area contributed by atoms with Gasteiger partial charge in [-0.1, -0.05) is 49.9 Å². The molecule has 0 bridgehead atoms. The fourth-order valence-electron chi connectivity index (χ4n) is 4.68. The van der Waals surface area contributed by atoms with E-state index in [4.69, 9.17) is 9.73 Å². The number of aliphatic imine (C=N–C) groups is 1. The molecule has 1 fully saturated rings. The number of carbonyl (C=O) groups excluding carboxylic acids is 2. The Morgan fingerprint density at radius 2 is 1.88 bits per heavy atom. The number of benzene rings is 1. The van der Waals surface area contributed by atoms with Crippen LogP contribution in [0.4, 0.5) is 0 Å². The molecular formula is C26H34N4O3S. The standard InChI is InChI=1S/C26H34N4O3S/c1-17(2)19-7-9-20(10-8-19)24-23(25(32)33-5)18(3)27-26-30(24)21(16-34-26)15-22(31)29-12-6-11-28(4)13-14-29/h7-10,16-17,24H,6,11-15H2,1-5H3/t24-/m0/s1. The number of esters is 1. The van der Waals surface area contributed by atoms with Crippen LogP contribution in [0.2, 0.25) is 0 Å². The topological polar surface area (TPSA) is 65.5 Å². The number of ether oxygens (including phenoxy) is 1. The molecule has 182 valence electrons. The molecule has 1 aromatic carbocycles. The van der Waals surface area contributed by atoms with Gasteiger partial charge in [0.2, 0.25) is 5.91 Å². The Bertz CT molecular complexity index is 1040. The summed E-state index contributed by atoms with van der Waals surface area (Å²) in [6.45, 7) is 9.58. The Kier molecular flexibility index (Phi) is 7.48. The molecule has 8 heteroatoms. The predicted molar refractivity (Wildman–Crippen MR) is 136 cm³/mol. The number of amides is 1. The molecule has 1 aromatic rings. The maximum absolute atomic E-state index is 13.3. The van der Waals surface area contributed by atoms with Crippen molar-refractivity contribution in [2.45, 2.75) is 45.6 Å². The Labute approximate surface area is 206 Å². The Hall–Kier alpha value is -2.58. The van der Waals surface area contributed by atoms with Gasteiger partial charge >= 0.3 is 5.97 Å². The first kappa shape index (κ1) is 24.5. The van der Waals surface area contributed by atoms with Gasteiger partial charge in [0.15, 0.2) is 5.17 Å². The third-order valence-electron chi connectivity index (χ3n) is 6.73. The normalized spacial score (nSPS) is 21.3. The summed E-state index contributed by atoms with van der Waals surface area (Å²) in [5.74, 6) is 0.137. The highest BCUT2D eigenvalue weighted by atomic mass is 32.2. The minimum absolute atomic E-state index is 0.114. The molecule has 0 saturated carbocycles. The third kappa shape index (κ3) is 4.93. The fraction of sp³-hybridized carbons (Fsp3) is 0.500. The van der Waals surface area contributed by atoms with Crippen molar-refractivity contribution in [1.29, 1.82) is 0 Å². The van der Waals surface area contributed by atoms with Crippen LogP contribution in [0.3, 0.4) is 0 Å². The van der Waals surface area contributed by atoms with Crippen LogP contribution >= 0.6 is 11.8 Å². The number of carbonyl (C=O) groups is 2. The molecule has 1 saturated heterocycles. The lowest BCUT2D eigenvalue weighted by atomic mass is 9.92. The molecule has 0 spiro atoms. The number of rotatable bonds is 5. The minimum atomic E-state index is -0.392. The molecule has 0 unspecified atom stereocenters. The first-order valence-electron chi connectivity index (χ1n) is 11.9.